The summed E-state index contributed by atoms with van der Waals surface area (Å²) < 4.78 is 12.6. The molecule has 0 atom stereocenters. The minimum absolute atomic E-state index is 0.907. The summed E-state index contributed by atoms with van der Waals surface area (Å²) in [6.45, 7) is 9.86. The molecule has 0 aliphatic carbocycles. The average Bonchev–Trinajstić information content (AvgIpc) is 2.28. The van der Waals surface area contributed by atoms with Gasteiger partial charge in [-0.05, 0) is 56.9 Å². The van der Waals surface area contributed by atoms with Crippen molar-refractivity contribution in [2.45, 2.75) is 27.2 Å². The van der Waals surface area contributed by atoms with Crippen molar-refractivity contribution in [1.29, 1.82) is 0 Å². The number of hydrogen-bond donors (Lipinski definition) is 0. The zero-order valence-electron chi connectivity index (χ0n) is 11.7. The van der Waals surface area contributed by atoms with Crippen LogP contribution in [0.4, 0.5) is 0 Å². The Morgan fingerprint density at radius 3 is 2.44 bits per heavy atom. The van der Waals surface area contributed by atoms with Crippen LogP contribution < -0.4 is 5.30 Å². The van der Waals surface area contributed by atoms with E-state index in [4.69, 9.17) is 0 Å². The lowest BCUT2D eigenvalue weighted by Crippen LogP contribution is -2.12. The van der Waals surface area contributed by atoms with Crippen LogP contribution >= 0.6 is 7.14 Å². The first-order valence-corrected chi connectivity index (χ1v) is 8.90. The second-order valence-electron chi connectivity index (χ2n) is 5.24. The first-order valence-electron chi connectivity index (χ1n) is 6.30. The molecule has 0 amide bonds. The van der Waals surface area contributed by atoms with E-state index in [2.05, 4.69) is 31.0 Å². The molecule has 3 heteroatoms. The third-order valence-electron chi connectivity index (χ3n) is 3.42. The molecule has 0 N–H and O–H groups in total. The third kappa shape index (κ3) is 2.22. The highest BCUT2D eigenvalue weighted by molar-refractivity contribution is 7.70. The van der Waals surface area contributed by atoms with Crippen LogP contribution in [0.3, 0.4) is 0 Å². The van der Waals surface area contributed by atoms with Gasteiger partial charge in [-0.1, -0.05) is 13.0 Å². The van der Waals surface area contributed by atoms with Gasteiger partial charge in [0.2, 0.25) is 0 Å². The standard InChI is InChI=1S/C15H20NOP/c1-6-12-7-8-14-13(15(12)18(4,5)17)9-10(2)11(3)16-14/h7-9H,6H2,1-5H3. The predicted molar refractivity (Wildman–Crippen MR) is 79.7 cm³/mol. The third-order valence-corrected chi connectivity index (χ3v) is 5.02. The Morgan fingerprint density at radius 2 is 1.89 bits per heavy atom. The molecule has 18 heavy (non-hydrogen) atoms. The van der Waals surface area contributed by atoms with Gasteiger partial charge in [-0.2, -0.15) is 0 Å². The van der Waals surface area contributed by atoms with Crippen molar-refractivity contribution in [2.75, 3.05) is 13.3 Å². The van der Waals surface area contributed by atoms with Crippen molar-refractivity contribution in [3.63, 3.8) is 0 Å². The van der Waals surface area contributed by atoms with Crippen molar-refractivity contribution in [3.8, 4) is 0 Å². The van der Waals surface area contributed by atoms with E-state index in [-0.39, 0.29) is 0 Å². The molecule has 1 aromatic carbocycles. The fourth-order valence-electron chi connectivity index (χ4n) is 2.39. The van der Waals surface area contributed by atoms with Gasteiger partial charge in [0, 0.05) is 16.4 Å². The fourth-order valence-corrected chi connectivity index (χ4v) is 4.08. The largest absolute Gasteiger partial charge is 0.319 e. The van der Waals surface area contributed by atoms with Crippen LogP contribution in [0.1, 0.15) is 23.7 Å². The molecule has 2 nitrogen and oxygen atoms in total. The van der Waals surface area contributed by atoms with Crippen molar-refractivity contribution in [1.82, 2.24) is 4.98 Å². The Kier molecular flexibility index (Phi) is 3.33. The van der Waals surface area contributed by atoms with E-state index in [0.29, 0.717) is 0 Å². The quantitative estimate of drug-likeness (QED) is 0.772. The second-order valence-corrected chi connectivity index (χ2v) is 8.38. The van der Waals surface area contributed by atoms with Crippen LogP contribution in [0.5, 0.6) is 0 Å². The van der Waals surface area contributed by atoms with E-state index in [9.17, 15) is 4.57 Å². The number of aromatic nitrogens is 1. The summed E-state index contributed by atoms with van der Waals surface area (Å²) in [5.74, 6) is 0. The highest BCUT2D eigenvalue weighted by Crippen LogP contribution is 2.39. The summed E-state index contributed by atoms with van der Waals surface area (Å²) in [6.07, 6.45) is 0.907. The number of aryl methyl sites for hydroxylation is 3. The van der Waals surface area contributed by atoms with Crippen LogP contribution in [0.25, 0.3) is 10.9 Å². The van der Waals surface area contributed by atoms with Crippen LogP contribution in [0, 0.1) is 13.8 Å². The number of pyridine rings is 1. The fraction of sp³-hybridized carbons (Fsp3) is 0.400. The minimum Gasteiger partial charge on any atom is -0.319 e. The Bertz CT molecular complexity index is 655. The summed E-state index contributed by atoms with van der Waals surface area (Å²) in [5.41, 5.74) is 4.33. The predicted octanol–water partition coefficient (Wildman–Crippen LogP) is 3.66. The van der Waals surface area contributed by atoms with Crippen molar-refractivity contribution >= 4 is 23.3 Å². The SMILES string of the molecule is CCc1ccc2nc(C)c(C)cc2c1P(C)(C)=O. The van der Waals surface area contributed by atoms with E-state index >= 15 is 0 Å². The summed E-state index contributed by atoms with van der Waals surface area (Å²) >= 11 is 0. The molecule has 0 spiro atoms. The van der Waals surface area contributed by atoms with Gasteiger partial charge in [0.25, 0.3) is 0 Å². The van der Waals surface area contributed by atoms with Crippen molar-refractivity contribution < 1.29 is 4.57 Å². The topological polar surface area (TPSA) is 30.0 Å². The highest BCUT2D eigenvalue weighted by Gasteiger charge is 2.19. The lowest BCUT2D eigenvalue weighted by atomic mass is 10.1. The van der Waals surface area contributed by atoms with E-state index in [1.165, 1.54) is 5.56 Å². The number of fused-ring (bicyclic) bond motifs is 1. The Hall–Kier alpha value is -1.14. The second kappa shape index (κ2) is 4.51. The first kappa shape index (κ1) is 13.3. The smallest absolute Gasteiger partial charge is 0.110 e. The normalized spacial score (nSPS) is 12.1. The van der Waals surface area contributed by atoms with E-state index in [1.807, 2.05) is 26.3 Å². The van der Waals surface area contributed by atoms with Crippen LogP contribution in [0.15, 0.2) is 18.2 Å². The molecular weight excluding hydrogens is 241 g/mol. The van der Waals surface area contributed by atoms with Gasteiger partial charge < -0.3 is 4.57 Å². The van der Waals surface area contributed by atoms with Gasteiger partial charge in [0.15, 0.2) is 0 Å². The lowest BCUT2D eigenvalue weighted by molar-refractivity contribution is 0.588. The Labute approximate surface area is 109 Å². The van der Waals surface area contributed by atoms with Gasteiger partial charge in [-0.25, -0.2) is 0 Å². The number of nitrogens with zero attached hydrogens (tertiary/aromatic N) is 1. The monoisotopic (exact) mass is 261 g/mol. The van der Waals surface area contributed by atoms with Gasteiger partial charge >= 0.3 is 0 Å². The zero-order valence-corrected chi connectivity index (χ0v) is 12.6. The lowest BCUT2D eigenvalue weighted by Gasteiger charge is -2.16. The average molecular weight is 261 g/mol. The molecule has 2 aromatic rings. The molecule has 1 heterocycles. The summed E-state index contributed by atoms with van der Waals surface area (Å²) in [5, 5.41) is 2.07. The molecule has 0 saturated carbocycles. The van der Waals surface area contributed by atoms with Gasteiger partial charge in [-0.3, -0.25) is 4.98 Å². The van der Waals surface area contributed by atoms with Crippen LogP contribution in [0.2, 0.25) is 0 Å². The maximum atomic E-state index is 12.6. The molecule has 0 aliphatic rings. The molecular formula is C15H20NOP. The van der Waals surface area contributed by atoms with E-state index < -0.39 is 7.14 Å². The number of rotatable bonds is 2. The Balaban J connectivity index is 2.94. The molecule has 0 bridgehead atoms. The maximum Gasteiger partial charge on any atom is 0.110 e. The Morgan fingerprint density at radius 1 is 1.22 bits per heavy atom. The molecule has 2 rings (SSSR count). The molecule has 0 unspecified atom stereocenters. The highest BCUT2D eigenvalue weighted by atomic mass is 31.2. The van der Waals surface area contributed by atoms with Crippen molar-refractivity contribution in [2.24, 2.45) is 0 Å². The summed E-state index contributed by atoms with van der Waals surface area (Å²) in [6, 6.07) is 6.24. The maximum absolute atomic E-state index is 12.6. The molecule has 0 saturated heterocycles. The molecule has 96 valence electrons. The molecule has 0 fully saturated rings. The van der Waals surface area contributed by atoms with E-state index in [0.717, 1.165) is 33.9 Å². The molecule has 0 aliphatic heterocycles. The summed E-state index contributed by atoms with van der Waals surface area (Å²) in [7, 11) is -2.29. The van der Waals surface area contributed by atoms with Crippen LogP contribution in [-0.4, -0.2) is 18.3 Å². The zero-order chi connectivity index (χ0) is 13.5. The van der Waals surface area contributed by atoms with Gasteiger partial charge in [0.1, 0.15) is 7.14 Å². The number of benzene rings is 1. The number of hydrogen-bond acceptors (Lipinski definition) is 2. The van der Waals surface area contributed by atoms with Gasteiger partial charge in [0.05, 0.1) is 5.52 Å². The van der Waals surface area contributed by atoms with Crippen LogP contribution in [-0.2, 0) is 11.0 Å². The van der Waals surface area contributed by atoms with Gasteiger partial charge in [-0.15, -0.1) is 0 Å². The van der Waals surface area contributed by atoms with E-state index in [1.54, 1.807) is 0 Å². The molecule has 0 radical (unpaired) electrons. The van der Waals surface area contributed by atoms with Crippen molar-refractivity contribution in [3.05, 3.63) is 35.0 Å². The molecule has 1 aromatic heterocycles. The minimum atomic E-state index is -2.29. The first-order chi connectivity index (χ1) is 8.34. The summed E-state index contributed by atoms with van der Waals surface area (Å²) in [4.78, 5) is 4.60.